The molecule has 0 fully saturated rings. The molecular weight excluding hydrogens is 248 g/mol. The zero-order chi connectivity index (χ0) is 14.6. The van der Waals surface area contributed by atoms with Gasteiger partial charge in [-0.15, -0.1) is 0 Å². The van der Waals surface area contributed by atoms with Gasteiger partial charge in [0.1, 0.15) is 6.04 Å². The van der Waals surface area contributed by atoms with E-state index in [4.69, 9.17) is 5.11 Å². The van der Waals surface area contributed by atoms with Gasteiger partial charge in [0.2, 0.25) is 6.04 Å². The maximum atomic E-state index is 11.3. The SMILES string of the molecule is CC(C)(C)[C@H](C(NC(=O)O)c1ccccc1)[N+](=O)[O-]. The standard InChI is InChI=1S/C13H18N2O4/c1-13(2,3)11(15(18)19)10(14-12(16)17)9-7-5-4-6-8-9/h4-8,10-11,14H,1-3H3,(H,16,17)/t10?,11-/m0/s1. The van der Waals surface area contributed by atoms with E-state index in [1.807, 2.05) is 0 Å². The molecule has 0 heterocycles. The van der Waals surface area contributed by atoms with Crippen LogP contribution in [0.5, 0.6) is 0 Å². The number of amides is 1. The third-order valence-electron chi connectivity index (χ3n) is 2.87. The van der Waals surface area contributed by atoms with Crippen LogP contribution in [0.15, 0.2) is 30.3 Å². The van der Waals surface area contributed by atoms with E-state index in [0.29, 0.717) is 5.56 Å². The highest BCUT2D eigenvalue weighted by atomic mass is 16.6. The number of nitrogens with one attached hydrogen (secondary N) is 1. The molecule has 6 heteroatoms. The fourth-order valence-corrected chi connectivity index (χ4v) is 2.08. The van der Waals surface area contributed by atoms with E-state index in [1.54, 1.807) is 51.1 Å². The van der Waals surface area contributed by atoms with Gasteiger partial charge in [-0.2, -0.15) is 0 Å². The number of rotatable bonds is 4. The van der Waals surface area contributed by atoms with E-state index in [9.17, 15) is 14.9 Å². The highest BCUT2D eigenvalue weighted by Crippen LogP contribution is 2.32. The molecule has 0 saturated heterocycles. The first-order chi connectivity index (χ1) is 8.73. The maximum Gasteiger partial charge on any atom is 0.405 e. The molecular formula is C13H18N2O4. The molecule has 0 aliphatic heterocycles. The van der Waals surface area contributed by atoms with E-state index in [-0.39, 0.29) is 0 Å². The lowest BCUT2D eigenvalue weighted by Gasteiger charge is -2.30. The minimum atomic E-state index is -1.27. The molecule has 1 aromatic carbocycles. The van der Waals surface area contributed by atoms with E-state index < -0.39 is 28.5 Å². The minimum Gasteiger partial charge on any atom is -0.465 e. The number of carbonyl (C=O) groups is 1. The third kappa shape index (κ3) is 3.94. The number of hydrogen-bond donors (Lipinski definition) is 2. The molecule has 0 aromatic heterocycles. The van der Waals surface area contributed by atoms with Crippen LogP contribution in [0.2, 0.25) is 0 Å². The molecule has 0 radical (unpaired) electrons. The number of nitro groups is 1. The van der Waals surface area contributed by atoms with Crippen LogP contribution in [0, 0.1) is 15.5 Å². The van der Waals surface area contributed by atoms with Crippen LogP contribution in [0.1, 0.15) is 32.4 Å². The van der Waals surface area contributed by atoms with Gasteiger partial charge in [0.05, 0.1) is 0 Å². The van der Waals surface area contributed by atoms with Gasteiger partial charge in [0, 0.05) is 10.3 Å². The van der Waals surface area contributed by atoms with Crippen molar-refractivity contribution >= 4 is 6.09 Å². The first-order valence-corrected chi connectivity index (χ1v) is 5.91. The van der Waals surface area contributed by atoms with Crippen molar-refractivity contribution in [2.45, 2.75) is 32.9 Å². The van der Waals surface area contributed by atoms with Crippen LogP contribution in [-0.2, 0) is 0 Å². The average molecular weight is 266 g/mol. The Bertz CT molecular complexity index is 453. The van der Waals surface area contributed by atoms with E-state index in [1.165, 1.54) is 0 Å². The van der Waals surface area contributed by atoms with Gasteiger partial charge in [0.25, 0.3) is 0 Å². The monoisotopic (exact) mass is 266 g/mol. The Morgan fingerprint density at radius 3 is 2.21 bits per heavy atom. The summed E-state index contributed by atoms with van der Waals surface area (Å²) < 4.78 is 0. The Hall–Kier alpha value is -2.11. The quantitative estimate of drug-likeness (QED) is 0.647. The molecule has 2 atom stereocenters. The fraction of sp³-hybridized carbons (Fsp3) is 0.462. The molecule has 1 aromatic rings. The molecule has 6 nitrogen and oxygen atoms in total. The van der Waals surface area contributed by atoms with Crippen molar-refractivity contribution < 1.29 is 14.8 Å². The predicted octanol–water partition coefficient (Wildman–Crippen LogP) is 2.69. The summed E-state index contributed by atoms with van der Waals surface area (Å²) in [5, 5.41) is 22.5. The van der Waals surface area contributed by atoms with Crippen LogP contribution in [0.4, 0.5) is 4.79 Å². The number of benzene rings is 1. The smallest absolute Gasteiger partial charge is 0.405 e. The predicted molar refractivity (Wildman–Crippen MR) is 70.6 cm³/mol. The molecule has 2 N–H and O–H groups in total. The van der Waals surface area contributed by atoms with Crippen molar-refractivity contribution in [3.8, 4) is 0 Å². The van der Waals surface area contributed by atoms with Crippen molar-refractivity contribution in [3.05, 3.63) is 46.0 Å². The van der Waals surface area contributed by atoms with Gasteiger partial charge in [-0.05, 0) is 5.56 Å². The lowest BCUT2D eigenvalue weighted by Crippen LogP contribution is -2.46. The van der Waals surface area contributed by atoms with Gasteiger partial charge in [0.15, 0.2) is 0 Å². The molecule has 0 bridgehead atoms. The molecule has 0 spiro atoms. The van der Waals surface area contributed by atoms with Crippen molar-refractivity contribution in [2.75, 3.05) is 0 Å². The van der Waals surface area contributed by atoms with Crippen molar-refractivity contribution in [2.24, 2.45) is 5.41 Å². The van der Waals surface area contributed by atoms with Crippen LogP contribution in [0.3, 0.4) is 0 Å². The summed E-state index contributed by atoms with van der Waals surface area (Å²) >= 11 is 0. The summed E-state index contributed by atoms with van der Waals surface area (Å²) in [5.41, 5.74) is -0.0894. The molecule has 1 rings (SSSR count). The van der Waals surface area contributed by atoms with Gasteiger partial charge >= 0.3 is 6.09 Å². The first kappa shape index (κ1) is 14.9. The Balaban J connectivity index is 3.22. The molecule has 1 unspecified atom stereocenters. The largest absolute Gasteiger partial charge is 0.465 e. The zero-order valence-electron chi connectivity index (χ0n) is 11.2. The highest BCUT2D eigenvalue weighted by Gasteiger charge is 2.43. The first-order valence-electron chi connectivity index (χ1n) is 5.91. The summed E-state index contributed by atoms with van der Waals surface area (Å²) in [5.74, 6) is 0. The summed E-state index contributed by atoms with van der Waals surface area (Å²) in [6.45, 7) is 5.17. The molecule has 104 valence electrons. The molecule has 19 heavy (non-hydrogen) atoms. The number of carboxylic acid groups (broad SMARTS) is 1. The second-order valence-corrected chi connectivity index (χ2v) is 5.43. The summed E-state index contributed by atoms with van der Waals surface area (Å²) in [6, 6.07) is 6.67. The number of hydrogen-bond acceptors (Lipinski definition) is 3. The Kier molecular flexibility index (Phi) is 4.47. The van der Waals surface area contributed by atoms with Gasteiger partial charge in [-0.3, -0.25) is 10.1 Å². The second kappa shape index (κ2) is 5.69. The minimum absolute atomic E-state index is 0.423. The van der Waals surface area contributed by atoms with E-state index in [0.717, 1.165) is 0 Å². The zero-order valence-corrected chi connectivity index (χ0v) is 11.2. The van der Waals surface area contributed by atoms with Crippen LogP contribution in [0.25, 0.3) is 0 Å². The average Bonchev–Trinajstić information content (AvgIpc) is 2.26. The van der Waals surface area contributed by atoms with E-state index >= 15 is 0 Å². The third-order valence-corrected chi connectivity index (χ3v) is 2.87. The van der Waals surface area contributed by atoms with Crippen molar-refractivity contribution in [1.82, 2.24) is 5.32 Å². The summed E-state index contributed by atoms with van der Waals surface area (Å²) in [4.78, 5) is 21.8. The summed E-state index contributed by atoms with van der Waals surface area (Å²) in [6.07, 6.45) is -1.27. The number of nitrogens with zero attached hydrogens (tertiary/aromatic N) is 1. The van der Waals surface area contributed by atoms with Crippen LogP contribution >= 0.6 is 0 Å². The fourth-order valence-electron chi connectivity index (χ4n) is 2.08. The van der Waals surface area contributed by atoms with Gasteiger partial charge in [-0.1, -0.05) is 51.1 Å². The van der Waals surface area contributed by atoms with Crippen molar-refractivity contribution in [3.63, 3.8) is 0 Å². The summed E-state index contributed by atoms with van der Waals surface area (Å²) in [7, 11) is 0. The highest BCUT2D eigenvalue weighted by molar-refractivity contribution is 5.65. The second-order valence-electron chi connectivity index (χ2n) is 5.43. The Morgan fingerprint density at radius 1 is 1.32 bits per heavy atom. The normalized spacial score (nSPS) is 14.5. The molecule has 0 aliphatic rings. The van der Waals surface area contributed by atoms with Gasteiger partial charge in [-0.25, -0.2) is 4.79 Å². The lowest BCUT2D eigenvalue weighted by atomic mass is 9.80. The van der Waals surface area contributed by atoms with Crippen LogP contribution < -0.4 is 5.32 Å². The molecule has 0 aliphatic carbocycles. The lowest BCUT2D eigenvalue weighted by molar-refractivity contribution is -0.545. The van der Waals surface area contributed by atoms with E-state index in [2.05, 4.69) is 5.32 Å². The topological polar surface area (TPSA) is 92.5 Å². The Labute approximate surface area is 111 Å². The molecule has 0 saturated carbocycles. The van der Waals surface area contributed by atoms with Crippen molar-refractivity contribution in [1.29, 1.82) is 0 Å². The Morgan fingerprint density at radius 2 is 1.84 bits per heavy atom. The maximum absolute atomic E-state index is 11.3. The van der Waals surface area contributed by atoms with Crippen LogP contribution in [-0.4, -0.2) is 22.2 Å². The van der Waals surface area contributed by atoms with Gasteiger partial charge < -0.3 is 10.4 Å². The molecule has 1 amide bonds.